The molecule has 0 aliphatic rings. The van der Waals surface area contributed by atoms with Crippen molar-refractivity contribution in [1.82, 2.24) is 30.7 Å². The molecule has 2 heterocycles. The van der Waals surface area contributed by atoms with Crippen molar-refractivity contribution in [2.45, 2.75) is 33.2 Å². The first-order valence-corrected chi connectivity index (χ1v) is 5.77. The lowest BCUT2D eigenvalue weighted by atomic mass is 10.2. The van der Waals surface area contributed by atoms with Crippen LogP contribution >= 0.6 is 0 Å². The molecule has 0 bridgehead atoms. The maximum Gasteiger partial charge on any atom is 0.291 e. The highest BCUT2D eigenvalue weighted by molar-refractivity contribution is 5.90. The van der Waals surface area contributed by atoms with Crippen LogP contribution in [-0.4, -0.2) is 31.3 Å². The molecule has 0 aliphatic heterocycles. The Kier molecular flexibility index (Phi) is 3.40. The fourth-order valence-corrected chi connectivity index (χ4v) is 1.44. The van der Waals surface area contributed by atoms with Gasteiger partial charge in [-0.25, -0.2) is 4.98 Å². The van der Waals surface area contributed by atoms with Crippen LogP contribution < -0.4 is 5.32 Å². The summed E-state index contributed by atoms with van der Waals surface area (Å²) in [5.74, 6) is 0.799. The average Bonchev–Trinajstić information content (AvgIpc) is 2.94. The Morgan fingerprint density at radius 1 is 1.44 bits per heavy atom. The first kappa shape index (κ1) is 12.3. The molecule has 0 radical (unpaired) electrons. The molecule has 2 aromatic rings. The number of nitrogens with one attached hydrogen (secondary N) is 3. The Morgan fingerprint density at radius 2 is 2.22 bits per heavy atom. The number of nitrogens with zero attached hydrogens (tertiary/aromatic N) is 3. The molecule has 96 valence electrons. The molecule has 0 fully saturated rings. The molecule has 0 atom stereocenters. The number of amides is 1. The van der Waals surface area contributed by atoms with Crippen LogP contribution in [0.25, 0.3) is 0 Å². The first-order valence-electron chi connectivity index (χ1n) is 5.77. The number of hydrogen-bond donors (Lipinski definition) is 3. The summed E-state index contributed by atoms with van der Waals surface area (Å²) in [6.45, 7) is 6.28. The van der Waals surface area contributed by atoms with Crippen molar-refractivity contribution in [2.24, 2.45) is 0 Å². The highest BCUT2D eigenvalue weighted by atomic mass is 16.2. The lowest BCUT2D eigenvalue weighted by Crippen LogP contribution is -2.24. The highest BCUT2D eigenvalue weighted by Gasteiger charge is 2.14. The second-order valence-corrected chi connectivity index (χ2v) is 4.40. The second kappa shape index (κ2) is 4.99. The van der Waals surface area contributed by atoms with Crippen molar-refractivity contribution in [3.8, 4) is 0 Å². The number of rotatable bonds is 4. The van der Waals surface area contributed by atoms with Crippen LogP contribution in [0.5, 0.6) is 0 Å². The molecular formula is C11H16N6O. The molecule has 0 saturated heterocycles. The Bertz CT molecular complexity index is 541. The number of aromatic amines is 2. The molecule has 0 spiro atoms. The SMILES string of the molecule is Cc1[nH]ncc1CNC(=O)c1n[nH]c(C(C)C)n1. The van der Waals surface area contributed by atoms with Gasteiger partial charge in [-0.15, -0.1) is 5.10 Å². The first-order chi connectivity index (χ1) is 8.58. The average molecular weight is 248 g/mol. The van der Waals surface area contributed by atoms with Crippen molar-refractivity contribution < 1.29 is 4.79 Å². The number of aryl methyl sites for hydroxylation is 1. The number of carbonyl (C=O) groups excluding carboxylic acids is 1. The van der Waals surface area contributed by atoms with Crippen LogP contribution in [0.1, 0.15) is 47.5 Å². The molecule has 0 unspecified atom stereocenters. The van der Waals surface area contributed by atoms with Gasteiger partial charge in [0.1, 0.15) is 5.82 Å². The van der Waals surface area contributed by atoms with Crippen LogP contribution in [0.2, 0.25) is 0 Å². The summed E-state index contributed by atoms with van der Waals surface area (Å²) in [7, 11) is 0. The molecule has 1 amide bonds. The summed E-state index contributed by atoms with van der Waals surface area (Å²) < 4.78 is 0. The Labute approximate surface area is 104 Å². The van der Waals surface area contributed by atoms with E-state index in [1.807, 2.05) is 20.8 Å². The van der Waals surface area contributed by atoms with Gasteiger partial charge in [-0.2, -0.15) is 5.10 Å². The molecule has 0 saturated carbocycles. The zero-order valence-corrected chi connectivity index (χ0v) is 10.6. The molecule has 7 nitrogen and oxygen atoms in total. The van der Waals surface area contributed by atoms with Crippen LogP contribution in [0.4, 0.5) is 0 Å². The third-order valence-corrected chi connectivity index (χ3v) is 2.63. The van der Waals surface area contributed by atoms with E-state index in [9.17, 15) is 4.79 Å². The minimum atomic E-state index is -0.293. The van der Waals surface area contributed by atoms with Crippen LogP contribution in [0, 0.1) is 6.92 Å². The molecule has 0 aliphatic carbocycles. The largest absolute Gasteiger partial charge is 0.345 e. The van der Waals surface area contributed by atoms with Crippen molar-refractivity contribution >= 4 is 5.91 Å². The second-order valence-electron chi connectivity index (χ2n) is 4.40. The highest BCUT2D eigenvalue weighted by Crippen LogP contribution is 2.07. The predicted molar refractivity (Wildman–Crippen MR) is 65.0 cm³/mol. The summed E-state index contributed by atoms with van der Waals surface area (Å²) in [6, 6.07) is 0. The summed E-state index contributed by atoms with van der Waals surface area (Å²) in [5.41, 5.74) is 1.89. The minimum absolute atomic E-state index is 0.167. The van der Waals surface area contributed by atoms with E-state index in [1.54, 1.807) is 6.20 Å². The zero-order chi connectivity index (χ0) is 13.1. The van der Waals surface area contributed by atoms with E-state index in [4.69, 9.17) is 0 Å². The summed E-state index contributed by atoms with van der Waals surface area (Å²) in [5, 5.41) is 16.1. The number of H-pyrrole nitrogens is 2. The molecule has 7 heteroatoms. The van der Waals surface area contributed by atoms with Gasteiger partial charge in [0.2, 0.25) is 5.82 Å². The molecule has 0 aromatic carbocycles. The van der Waals surface area contributed by atoms with Gasteiger partial charge in [0.15, 0.2) is 0 Å². The lowest BCUT2D eigenvalue weighted by Gasteiger charge is -2.00. The summed E-state index contributed by atoms with van der Waals surface area (Å²) in [6.07, 6.45) is 1.69. The Morgan fingerprint density at radius 3 is 2.78 bits per heavy atom. The Balaban J connectivity index is 1.97. The van der Waals surface area contributed by atoms with E-state index in [0.29, 0.717) is 12.4 Å². The van der Waals surface area contributed by atoms with E-state index in [2.05, 4.69) is 30.7 Å². The molecular weight excluding hydrogens is 232 g/mol. The van der Waals surface area contributed by atoms with Gasteiger partial charge < -0.3 is 5.32 Å². The van der Waals surface area contributed by atoms with Gasteiger partial charge in [0, 0.05) is 23.7 Å². The van der Waals surface area contributed by atoms with Gasteiger partial charge in [-0.3, -0.25) is 15.0 Å². The van der Waals surface area contributed by atoms with Gasteiger partial charge in [-0.1, -0.05) is 13.8 Å². The standard InChI is InChI=1S/C11H16N6O/c1-6(2)9-14-10(17-16-9)11(18)12-4-8-5-13-15-7(8)3/h5-6H,4H2,1-3H3,(H,12,18)(H,13,15)(H,14,16,17). The monoisotopic (exact) mass is 248 g/mol. The quantitative estimate of drug-likeness (QED) is 0.748. The smallest absolute Gasteiger partial charge is 0.291 e. The molecule has 18 heavy (non-hydrogen) atoms. The van der Waals surface area contributed by atoms with Crippen LogP contribution in [-0.2, 0) is 6.54 Å². The molecule has 3 N–H and O–H groups in total. The number of aromatic nitrogens is 5. The normalized spacial score (nSPS) is 10.9. The summed E-state index contributed by atoms with van der Waals surface area (Å²) in [4.78, 5) is 15.9. The van der Waals surface area contributed by atoms with Crippen molar-refractivity contribution in [2.75, 3.05) is 0 Å². The third kappa shape index (κ3) is 2.55. The Hall–Kier alpha value is -2.18. The van der Waals surface area contributed by atoms with E-state index >= 15 is 0 Å². The van der Waals surface area contributed by atoms with Gasteiger partial charge >= 0.3 is 0 Å². The van der Waals surface area contributed by atoms with Crippen molar-refractivity contribution in [3.05, 3.63) is 29.1 Å². The maximum atomic E-state index is 11.8. The van der Waals surface area contributed by atoms with Gasteiger partial charge in [0.25, 0.3) is 5.91 Å². The summed E-state index contributed by atoms with van der Waals surface area (Å²) >= 11 is 0. The van der Waals surface area contributed by atoms with Crippen LogP contribution in [0.3, 0.4) is 0 Å². The van der Waals surface area contributed by atoms with E-state index < -0.39 is 0 Å². The van der Waals surface area contributed by atoms with Crippen molar-refractivity contribution in [3.63, 3.8) is 0 Å². The van der Waals surface area contributed by atoms with E-state index in [0.717, 1.165) is 11.3 Å². The maximum absolute atomic E-state index is 11.8. The minimum Gasteiger partial charge on any atom is -0.345 e. The van der Waals surface area contributed by atoms with Gasteiger partial charge in [-0.05, 0) is 6.92 Å². The predicted octanol–water partition coefficient (Wildman–Crippen LogP) is 0.890. The molecule has 2 rings (SSSR count). The third-order valence-electron chi connectivity index (χ3n) is 2.63. The zero-order valence-electron chi connectivity index (χ0n) is 10.6. The number of carbonyl (C=O) groups is 1. The van der Waals surface area contributed by atoms with E-state index in [1.165, 1.54) is 0 Å². The fourth-order valence-electron chi connectivity index (χ4n) is 1.44. The molecule has 2 aromatic heterocycles. The number of hydrogen-bond acceptors (Lipinski definition) is 4. The van der Waals surface area contributed by atoms with Crippen LogP contribution in [0.15, 0.2) is 6.20 Å². The van der Waals surface area contributed by atoms with E-state index in [-0.39, 0.29) is 17.6 Å². The van der Waals surface area contributed by atoms with Crippen molar-refractivity contribution in [1.29, 1.82) is 0 Å². The topological polar surface area (TPSA) is 99.4 Å². The fraction of sp³-hybridized carbons (Fsp3) is 0.455. The lowest BCUT2D eigenvalue weighted by molar-refractivity contribution is 0.0941. The van der Waals surface area contributed by atoms with Gasteiger partial charge in [0.05, 0.1) is 6.20 Å².